The van der Waals surface area contributed by atoms with Crippen molar-refractivity contribution in [3.05, 3.63) is 12.7 Å². The third-order valence-electron chi connectivity index (χ3n) is 1.68. The standard InChI is InChI=1S/C7H15O4P/c1-5-6(2)7(8)12(9,10-3)11-4/h5-8H,1H2,2-4H3/t6-,7+/m1/s1. The Morgan fingerprint density at radius 1 is 1.50 bits per heavy atom. The Labute approximate surface area is 72.7 Å². The Morgan fingerprint density at radius 2 is 1.92 bits per heavy atom. The quantitative estimate of drug-likeness (QED) is 0.533. The summed E-state index contributed by atoms with van der Waals surface area (Å²) in [5.41, 5.74) is 0. The number of aliphatic hydroxyl groups is 1. The van der Waals surface area contributed by atoms with Gasteiger partial charge in [0.05, 0.1) is 0 Å². The number of hydrogen-bond acceptors (Lipinski definition) is 4. The van der Waals surface area contributed by atoms with E-state index in [1.807, 2.05) is 0 Å². The van der Waals surface area contributed by atoms with Crippen LogP contribution in [0, 0.1) is 5.92 Å². The van der Waals surface area contributed by atoms with E-state index in [-0.39, 0.29) is 5.92 Å². The summed E-state index contributed by atoms with van der Waals surface area (Å²) in [6.07, 6.45) is 1.50. The van der Waals surface area contributed by atoms with Gasteiger partial charge < -0.3 is 14.2 Å². The molecule has 0 saturated heterocycles. The molecule has 0 fully saturated rings. The summed E-state index contributed by atoms with van der Waals surface area (Å²) in [6, 6.07) is 0. The van der Waals surface area contributed by atoms with Crippen molar-refractivity contribution < 1.29 is 18.7 Å². The minimum Gasteiger partial charge on any atom is -0.380 e. The number of hydrogen-bond donors (Lipinski definition) is 1. The minimum absolute atomic E-state index is 0.323. The molecule has 0 radical (unpaired) electrons. The van der Waals surface area contributed by atoms with E-state index in [2.05, 4.69) is 15.6 Å². The number of aliphatic hydroxyl groups excluding tert-OH is 1. The van der Waals surface area contributed by atoms with Gasteiger partial charge in [-0.15, -0.1) is 6.58 Å². The van der Waals surface area contributed by atoms with Gasteiger partial charge in [0.2, 0.25) is 0 Å². The molecular formula is C7H15O4P. The van der Waals surface area contributed by atoms with Crippen LogP contribution in [0.4, 0.5) is 0 Å². The summed E-state index contributed by atoms with van der Waals surface area (Å²) in [4.78, 5) is 0. The molecule has 0 aromatic rings. The van der Waals surface area contributed by atoms with E-state index in [0.717, 1.165) is 0 Å². The van der Waals surface area contributed by atoms with Crippen molar-refractivity contribution in [3.63, 3.8) is 0 Å². The summed E-state index contributed by atoms with van der Waals surface area (Å²) < 4.78 is 20.7. The molecule has 0 aliphatic rings. The molecule has 0 aliphatic heterocycles. The zero-order valence-electron chi connectivity index (χ0n) is 7.56. The molecule has 0 unspecified atom stereocenters. The lowest BCUT2D eigenvalue weighted by atomic mass is 10.2. The van der Waals surface area contributed by atoms with Gasteiger partial charge >= 0.3 is 7.60 Å². The molecular weight excluding hydrogens is 179 g/mol. The van der Waals surface area contributed by atoms with Crippen LogP contribution >= 0.6 is 7.60 Å². The molecule has 0 saturated carbocycles. The molecule has 72 valence electrons. The average molecular weight is 194 g/mol. The predicted octanol–water partition coefficient (Wildman–Crippen LogP) is 1.61. The van der Waals surface area contributed by atoms with E-state index in [4.69, 9.17) is 0 Å². The van der Waals surface area contributed by atoms with E-state index in [1.54, 1.807) is 6.92 Å². The minimum atomic E-state index is -3.36. The van der Waals surface area contributed by atoms with Gasteiger partial charge in [-0.25, -0.2) is 0 Å². The second kappa shape index (κ2) is 4.77. The maximum Gasteiger partial charge on any atom is 0.358 e. The highest BCUT2D eigenvalue weighted by atomic mass is 31.2. The van der Waals surface area contributed by atoms with Gasteiger partial charge in [0.1, 0.15) is 0 Å². The lowest BCUT2D eigenvalue weighted by Gasteiger charge is -2.22. The van der Waals surface area contributed by atoms with E-state index >= 15 is 0 Å². The number of rotatable bonds is 5. The molecule has 0 rings (SSSR count). The van der Waals surface area contributed by atoms with Crippen molar-refractivity contribution in [1.29, 1.82) is 0 Å². The first-order chi connectivity index (χ1) is 5.51. The van der Waals surface area contributed by atoms with Crippen LogP contribution in [0.25, 0.3) is 0 Å². The van der Waals surface area contributed by atoms with Crippen LogP contribution in [-0.4, -0.2) is 25.2 Å². The SMILES string of the molecule is C=C[C@@H](C)[C@@H](O)P(=O)(OC)OC. The van der Waals surface area contributed by atoms with E-state index < -0.39 is 13.4 Å². The molecule has 0 spiro atoms. The molecule has 0 amide bonds. The van der Waals surface area contributed by atoms with Crippen LogP contribution in [0.1, 0.15) is 6.92 Å². The molecule has 1 N–H and O–H groups in total. The first-order valence-electron chi connectivity index (χ1n) is 3.53. The summed E-state index contributed by atoms with van der Waals surface area (Å²) in [5.74, 6) is -1.47. The van der Waals surface area contributed by atoms with Gasteiger partial charge in [0, 0.05) is 20.1 Å². The molecule has 0 heterocycles. The van der Waals surface area contributed by atoms with Crippen LogP contribution in [0.3, 0.4) is 0 Å². The third-order valence-corrected chi connectivity index (χ3v) is 3.81. The van der Waals surface area contributed by atoms with E-state index in [0.29, 0.717) is 0 Å². The first kappa shape index (κ1) is 11.8. The molecule has 5 heteroatoms. The van der Waals surface area contributed by atoms with Crippen molar-refractivity contribution in [2.24, 2.45) is 5.92 Å². The molecule has 0 aromatic heterocycles. The van der Waals surface area contributed by atoms with Crippen LogP contribution < -0.4 is 0 Å². The highest BCUT2D eigenvalue weighted by Gasteiger charge is 2.35. The second-order valence-corrected chi connectivity index (χ2v) is 4.75. The fraction of sp³-hybridized carbons (Fsp3) is 0.714. The molecule has 0 aromatic carbocycles. The van der Waals surface area contributed by atoms with Gasteiger partial charge in [-0.2, -0.15) is 0 Å². The van der Waals surface area contributed by atoms with Gasteiger partial charge in [0.15, 0.2) is 5.85 Å². The summed E-state index contributed by atoms with van der Waals surface area (Å²) >= 11 is 0. The normalized spacial score (nSPS) is 17.0. The highest BCUT2D eigenvalue weighted by Crippen LogP contribution is 2.52. The monoisotopic (exact) mass is 194 g/mol. The first-order valence-corrected chi connectivity index (χ1v) is 5.14. The molecule has 0 bridgehead atoms. The van der Waals surface area contributed by atoms with Crippen LogP contribution in [0.5, 0.6) is 0 Å². The summed E-state index contributed by atoms with van der Waals surface area (Å²) in [5, 5.41) is 9.45. The van der Waals surface area contributed by atoms with Crippen LogP contribution in [0.2, 0.25) is 0 Å². The van der Waals surface area contributed by atoms with Gasteiger partial charge in [-0.3, -0.25) is 4.57 Å². The van der Waals surface area contributed by atoms with Crippen molar-refractivity contribution in [1.82, 2.24) is 0 Å². The van der Waals surface area contributed by atoms with E-state index in [1.165, 1.54) is 20.3 Å². The lowest BCUT2D eigenvalue weighted by molar-refractivity contribution is 0.150. The van der Waals surface area contributed by atoms with Gasteiger partial charge in [-0.05, 0) is 0 Å². The average Bonchev–Trinajstić information content (AvgIpc) is 2.14. The second-order valence-electron chi connectivity index (χ2n) is 2.41. The van der Waals surface area contributed by atoms with Crippen molar-refractivity contribution in [2.75, 3.05) is 14.2 Å². The summed E-state index contributed by atoms with van der Waals surface area (Å²) in [7, 11) is -0.882. The fourth-order valence-electron chi connectivity index (χ4n) is 0.700. The lowest BCUT2D eigenvalue weighted by Crippen LogP contribution is -2.17. The summed E-state index contributed by atoms with van der Waals surface area (Å²) in [6.45, 7) is 5.15. The largest absolute Gasteiger partial charge is 0.380 e. The predicted molar refractivity (Wildman–Crippen MR) is 47.0 cm³/mol. The maximum absolute atomic E-state index is 11.5. The van der Waals surface area contributed by atoms with Gasteiger partial charge in [0.25, 0.3) is 0 Å². The van der Waals surface area contributed by atoms with Crippen molar-refractivity contribution in [3.8, 4) is 0 Å². The molecule has 4 nitrogen and oxygen atoms in total. The molecule has 2 atom stereocenters. The van der Waals surface area contributed by atoms with Gasteiger partial charge in [-0.1, -0.05) is 13.0 Å². The van der Waals surface area contributed by atoms with E-state index in [9.17, 15) is 9.67 Å². The Kier molecular flexibility index (Phi) is 4.71. The molecule has 0 aliphatic carbocycles. The maximum atomic E-state index is 11.5. The highest BCUT2D eigenvalue weighted by molar-refractivity contribution is 7.54. The Balaban J connectivity index is 4.52. The zero-order chi connectivity index (χ0) is 9.78. The Bertz CT molecular complexity index is 184. The Morgan fingerprint density at radius 3 is 2.17 bits per heavy atom. The Hall–Kier alpha value is -0.150. The zero-order valence-corrected chi connectivity index (χ0v) is 8.45. The topological polar surface area (TPSA) is 55.8 Å². The fourth-order valence-corrected chi connectivity index (χ4v) is 1.98. The van der Waals surface area contributed by atoms with Crippen molar-refractivity contribution in [2.45, 2.75) is 12.8 Å². The molecule has 12 heavy (non-hydrogen) atoms. The van der Waals surface area contributed by atoms with Crippen LogP contribution in [-0.2, 0) is 13.6 Å². The van der Waals surface area contributed by atoms with Crippen LogP contribution in [0.15, 0.2) is 12.7 Å². The smallest absolute Gasteiger partial charge is 0.358 e. The third kappa shape index (κ3) is 2.42. The van der Waals surface area contributed by atoms with Crippen molar-refractivity contribution >= 4 is 7.60 Å².